The highest BCUT2D eigenvalue weighted by atomic mass is 79.9. The van der Waals surface area contributed by atoms with Crippen LogP contribution in [0.3, 0.4) is 0 Å². The maximum Gasteiger partial charge on any atom is 0.263 e. The maximum absolute atomic E-state index is 12.3. The summed E-state index contributed by atoms with van der Waals surface area (Å²) in [6.07, 6.45) is 0. The van der Waals surface area contributed by atoms with Gasteiger partial charge in [0.2, 0.25) is 0 Å². The van der Waals surface area contributed by atoms with Crippen molar-refractivity contribution < 1.29 is 13.5 Å². The van der Waals surface area contributed by atoms with Crippen LogP contribution in [0.15, 0.2) is 50.2 Å². The molecule has 0 saturated carbocycles. The van der Waals surface area contributed by atoms with Gasteiger partial charge in [0, 0.05) is 20.0 Å². The third kappa shape index (κ3) is 3.46. The number of phenols is 1. The summed E-state index contributed by atoms with van der Waals surface area (Å²) < 4.78 is 28.0. The number of aromatic hydroxyl groups is 1. The van der Waals surface area contributed by atoms with Gasteiger partial charge in [0.05, 0.1) is 5.69 Å². The summed E-state index contributed by atoms with van der Waals surface area (Å²) >= 11 is 12.1. The molecule has 106 valence electrons. The van der Waals surface area contributed by atoms with Crippen LogP contribution in [0, 0.1) is 0 Å². The van der Waals surface area contributed by atoms with Gasteiger partial charge < -0.3 is 5.11 Å². The molecular formula is C12H8Br2ClNO3S. The second-order valence-corrected chi connectivity index (χ2v) is 7.70. The van der Waals surface area contributed by atoms with Crippen molar-refractivity contribution in [2.45, 2.75) is 4.90 Å². The minimum atomic E-state index is -3.83. The van der Waals surface area contributed by atoms with Crippen LogP contribution < -0.4 is 4.72 Å². The Morgan fingerprint density at radius 3 is 2.45 bits per heavy atom. The first-order valence-corrected chi connectivity index (χ1v) is 8.71. The van der Waals surface area contributed by atoms with E-state index in [1.165, 1.54) is 24.3 Å². The lowest BCUT2D eigenvalue weighted by Crippen LogP contribution is -2.13. The topological polar surface area (TPSA) is 66.4 Å². The molecule has 2 N–H and O–H groups in total. The van der Waals surface area contributed by atoms with E-state index in [0.29, 0.717) is 14.0 Å². The number of hydrogen-bond donors (Lipinski definition) is 2. The monoisotopic (exact) mass is 439 g/mol. The Labute approximate surface area is 138 Å². The quantitative estimate of drug-likeness (QED) is 0.695. The van der Waals surface area contributed by atoms with Crippen molar-refractivity contribution in [2.24, 2.45) is 0 Å². The second kappa shape index (κ2) is 5.93. The highest BCUT2D eigenvalue weighted by Gasteiger charge is 2.19. The summed E-state index contributed by atoms with van der Waals surface area (Å²) in [5, 5.41) is 10.0. The molecule has 0 bridgehead atoms. The first-order valence-electron chi connectivity index (χ1n) is 5.26. The predicted octanol–water partition coefficient (Wildman–Crippen LogP) is 4.37. The van der Waals surface area contributed by atoms with Gasteiger partial charge >= 0.3 is 0 Å². The molecule has 0 aromatic heterocycles. The molecule has 2 aromatic rings. The molecule has 0 aliphatic rings. The van der Waals surface area contributed by atoms with Crippen LogP contribution in [0.2, 0.25) is 5.02 Å². The van der Waals surface area contributed by atoms with Crippen LogP contribution >= 0.6 is 43.5 Å². The van der Waals surface area contributed by atoms with Gasteiger partial charge in [0.25, 0.3) is 10.0 Å². The van der Waals surface area contributed by atoms with E-state index in [1.807, 2.05) is 0 Å². The first-order chi connectivity index (χ1) is 9.29. The first kappa shape index (κ1) is 15.6. The van der Waals surface area contributed by atoms with Crippen molar-refractivity contribution in [3.05, 3.63) is 50.4 Å². The van der Waals surface area contributed by atoms with Crippen LogP contribution in [0.25, 0.3) is 0 Å². The van der Waals surface area contributed by atoms with Crippen molar-refractivity contribution in [1.29, 1.82) is 0 Å². The fraction of sp³-hybridized carbons (Fsp3) is 0. The standard InChI is InChI=1S/C12H8Br2ClNO3S/c13-7-1-3-9(14)12(5-7)20(18,19)16-10-4-2-8(15)6-11(10)17/h1-6,16-17H. The Morgan fingerprint density at radius 1 is 1.10 bits per heavy atom. The molecule has 0 fully saturated rings. The van der Waals surface area contributed by atoms with Crippen LogP contribution in [0.5, 0.6) is 5.75 Å². The van der Waals surface area contributed by atoms with Gasteiger partial charge in [-0.15, -0.1) is 0 Å². The molecule has 0 radical (unpaired) electrons. The van der Waals surface area contributed by atoms with E-state index in [4.69, 9.17) is 11.6 Å². The van der Waals surface area contributed by atoms with Gasteiger partial charge in [-0.1, -0.05) is 27.5 Å². The van der Waals surface area contributed by atoms with E-state index in [1.54, 1.807) is 12.1 Å². The Bertz CT molecular complexity index is 765. The predicted molar refractivity (Wildman–Crippen MR) is 85.8 cm³/mol. The van der Waals surface area contributed by atoms with Crippen LogP contribution in [0.1, 0.15) is 0 Å². The van der Waals surface area contributed by atoms with Gasteiger partial charge in [0.15, 0.2) is 0 Å². The van der Waals surface area contributed by atoms with Crippen molar-refractivity contribution in [2.75, 3.05) is 4.72 Å². The van der Waals surface area contributed by atoms with Crippen LogP contribution in [-0.4, -0.2) is 13.5 Å². The normalized spacial score (nSPS) is 11.3. The highest BCUT2D eigenvalue weighted by molar-refractivity contribution is 9.11. The fourth-order valence-electron chi connectivity index (χ4n) is 1.47. The van der Waals surface area contributed by atoms with E-state index >= 15 is 0 Å². The van der Waals surface area contributed by atoms with E-state index < -0.39 is 10.0 Å². The van der Waals surface area contributed by atoms with Crippen molar-refractivity contribution in [1.82, 2.24) is 0 Å². The summed E-state index contributed by atoms with van der Waals surface area (Å²) in [6.45, 7) is 0. The number of benzene rings is 2. The van der Waals surface area contributed by atoms with E-state index in [2.05, 4.69) is 36.6 Å². The third-order valence-corrected chi connectivity index (χ3v) is 5.47. The lowest BCUT2D eigenvalue weighted by atomic mass is 10.3. The number of nitrogens with one attached hydrogen (secondary N) is 1. The molecule has 0 heterocycles. The summed E-state index contributed by atoms with van der Waals surface area (Å²) in [6, 6.07) is 8.91. The summed E-state index contributed by atoms with van der Waals surface area (Å²) in [7, 11) is -3.83. The van der Waals surface area contributed by atoms with Gasteiger partial charge in [-0.3, -0.25) is 4.72 Å². The average Bonchev–Trinajstić information content (AvgIpc) is 2.35. The minimum absolute atomic E-state index is 0.0567. The maximum atomic E-state index is 12.3. The second-order valence-electron chi connectivity index (χ2n) is 3.84. The number of sulfonamides is 1. The molecule has 2 rings (SSSR count). The minimum Gasteiger partial charge on any atom is -0.506 e. The molecule has 0 aliphatic carbocycles. The van der Waals surface area contributed by atoms with Crippen molar-refractivity contribution in [3.63, 3.8) is 0 Å². The average molecular weight is 442 g/mol. The fourth-order valence-corrected chi connectivity index (χ4v) is 4.22. The molecular weight excluding hydrogens is 433 g/mol. The lowest BCUT2D eigenvalue weighted by Gasteiger charge is -2.11. The molecule has 0 atom stereocenters. The number of hydrogen-bond acceptors (Lipinski definition) is 3. The molecule has 0 aliphatic heterocycles. The van der Waals surface area contributed by atoms with Crippen LogP contribution in [-0.2, 0) is 10.0 Å². The molecule has 20 heavy (non-hydrogen) atoms. The molecule has 0 spiro atoms. The number of anilines is 1. The van der Waals surface area contributed by atoms with E-state index in [-0.39, 0.29) is 16.3 Å². The number of phenolic OH excluding ortho intramolecular Hbond substituents is 1. The molecule has 0 amide bonds. The van der Waals surface area contributed by atoms with Gasteiger partial charge in [0.1, 0.15) is 10.6 Å². The SMILES string of the molecule is O=S(=O)(Nc1ccc(Cl)cc1O)c1cc(Br)ccc1Br. The van der Waals surface area contributed by atoms with Crippen LogP contribution in [0.4, 0.5) is 5.69 Å². The lowest BCUT2D eigenvalue weighted by molar-refractivity contribution is 0.477. The van der Waals surface area contributed by atoms with Gasteiger partial charge in [-0.2, -0.15) is 0 Å². The Balaban J connectivity index is 2.43. The summed E-state index contributed by atoms with van der Waals surface area (Å²) in [4.78, 5) is 0.0567. The zero-order chi connectivity index (χ0) is 14.9. The summed E-state index contributed by atoms with van der Waals surface area (Å²) in [5.74, 6) is -0.243. The van der Waals surface area contributed by atoms with Gasteiger partial charge in [-0.25, -0.2) is 8.42 Å². The Morgan fingerprint density at radius 2 is 1.80 bits per heavy atom. The Hall–Kier alpha value is -0.760. The third-order valence-electron chi connectivity index (χ3n) is 2.39. The molecule has 0 unspecified atom stereocenters. The van der Waals surface area contributed by atoms with Crippen molar-refractivity contribution >= 4 is 59.2 Å². The van der Waals surface area contributed by atoms with Crippen molar-refractivity contribution in [3.8, 4) is 5.75 Å². The van der Waals surface area contributed by atoms with Gasteiger partial charge in [-0.05, 0) is 46.3 Å². The Kier molecular flexibility index (Phi) is 4.63. The largest absolute Gasteiger partial charge is 0.506 e. The van der Waals surface area contributed by atoms with E-state index in [9.17, 15) is 13.5 Å². The molecule has 4 nitrogen and oxygen atoms in total. The molecule has 0 saturated heterocycles. The zero-order valence-electron chi connectivity index (χ0n) is 9.77. The summed E-state index contributed by atoms with van der Waals surface area (Å²) in [5.41, 5.74) is 0.0567. The highest BCUT2D eigenvalue weighted by Crippen LogP contribution is 2.31. The van der Waals surface area contributed by atoms with E-state index in [0.717, 1.165) is 0 Å². The number of halogens is 3. The zero-order valence-corrected chi connectivity index (χ0v) is 14.5. The number of rotatable bonds is 3. The molecule has 2 aromatic carbocycles. The molecule has 8 heteroatoms. The smallest absolute Gasteiger partial charge is 0.263 e.